The minimum Gasteiger partial charge on any atom is -0.350 e. The van der Waals surface area contributed by atoms with Gasteiger partial charge in [-0.05, 0) is 43.3 Å². The van der Waals surface area contributed by atoms with Gasteiger partial charge in [-0.3, -0.25) is 9.69 Å². The monoisotopic (exact) mass is 417 g/mol. The molecule has 158 valence electrons. The Morgan fingerprint density at radius 1 is 1.00 bits per heavy atom. The van der Waals surface area contributed by atoms with Gasteiger partial charge in [0.1, 0.15) is 0 Å². The van der Waals surface area contributed by atoms with E-state index in [1.165, 1.54) is 31.8 Å². The fraction of sp³-hybridized carbons (Fsp3) is 0.409. The second-order valence-electron chi connectivity index (χ2n) is 7.09. The average Bonchev–Trinajstić information content (AvgIpc) is 2.73. The molecule has 2 aromatic rings. The van der Waals surface area contributed by atoms with Crippen LogP contribution in [0.5, 0.6) is 0 Å². The zero-order valence-electron chi connectivity index (χ0n) is 17.6. The number of rotatable bonds is 10. The molecule has 0 fully saturated rings. The summed E-state index contributed by atoms with van der Waals surface area (Å²) < 4.78 is 25.8. The summed E-state index contributed by atoms with van der Waals surface area (Å²) in [7, 11) is -0.636. The highest BCUT2D eigenvalue weighted by Crippen LogP contribution is 2.15. The van der Waals surface area contributed by atoms with Gasteiger partial charge in [0.15, 0.2) is 0 Å². The molecule has 0 saturated carbocycles. The van der Waals surface area contributed by atoms with E-state index in [1.54, 1.807) is 12.1 Å². The predicted molar refractivity (Wildman–Crippen MR) is 117 cm³/mol. The smallest absolute Gasteiger partial charge is 0.251 e. The lowest BCUT2D eigenvalue weighted by molar-refractivity contribution is 0.0934. The number of benzene rings is 2. The van der Waals surface area contributed by atoms with Gasteiger partial charge in [0.05, 0.1) is 4.90 Å². The maximum atomic E-state index is 12.7. The first-order chi connectivity index (χ1) is 13.8. The zero-order valence-corrected chi connectivity index (χ0v) is 18.4. The molecule has 6 nitrogen and oxygen atoms in total. The molecule has 1 atom stereocenters. The topological polar surface area (TPSA) is 69.7 Å². The van der Waals surface area contributed by atoms with Crippen molar-refractivity contribution in [3.8, 4) is 0 Å². The number of hydrogen-bond donors (Lipinski definition) is 1. The van der Waals surface area contributed by atoms with Crippen LogP contribution in [-0.4, -0.2) is 63.3 Å². The Kier molecular flexibility index (Phi) is 8.37. The summed E-state index contributed by atoms with van der Waals surface area (Å²) in [5.41, 5.74) is 1.56. The lowest BCUT2D eigenvalue weighted by Crippen LogP contribution is -2.45. The van der Waals surface area contributed by atoms with Crippen LogP contribution in [0.1, 0.15) is 29.8 Å². The van der Waals surface area contributed by atoms with E-state index in [9.17, 15) is 13.2 Å². The van der Waals surface area contributed by atoms with E-state index in [4.69, 9.17) is 0 Å². The van der Waals surface area contributed by atoms with Crippen molar-refractivity contribution in [1.29, 1.82) is 0 Å². The molecule has 0 aromatic heterocycles. The van der Waals surface area contributed by atoms with Crippen LogP contribution in [0.25, 0.3) is 0 Å². The van der Waals surface area contributed by atoms with Gasteiger partial charge in [-0.15, -0.1) is 0 Å². The lowest BCUT2D eigenvalue weighted by atomic mass is 10.0. The first-order valence-corrected chi connectivity index (χ1v) is 11.3. The predicted octanol–water partition coefficient (Wildman–Crippen LogP) is 2.62. The van der Waals surface area contributed by atoms with Crippen molar-refractivity contribution in [2.45, 2.75) is 31.2 Å². The standard InChI is InChI=1S/C22H31N3O3S/c1-5-25(6-2)20(15-18-11-8-7-9-12-18)17-23-22(26)19-13-10-14-21(16-19)29(27,28)24(3)4/h7-14,16,20H,5-6,15,17H2,1-4H3,(H,23,26). The second kappa shape index (κ2) is 10.5. The van der Waals surface area contributed by atoms with E-state index in [0.717, 1.165) is 23.8 Å². The SMILES string of the molecule is CCN(CC)C(CNC(=O)c1cccc(S(=O)(=O)N(C)C)c1)Cc1ccccc1. The molecule has 1 N–H and O–H groups in total. The average molecular weight is 418 g/mol. The molecule has 0 radical (unpaired) electrons. The van der Waals surface area contributed by atoms with E-state index >= 15 is 0 Å². The molecule has 2 aromatic carbocycles. The molecule has 0 bridgehead atoms. The Morgan fingerprint density at radius 3 is 2.24 bits per heavy atom. The highest BCUT2D eigenvalue weighted by molar-refractivity contribution is 7.89. The van der Waals surface area contributed by atoms with Crippen LogP contribution in [0.2, 0.25) is 0 Å². The van der Waals surface area contributed by atoms with E-state index < -0.39 is 10.0 Å². The molecule has 7 heteroatoms. The number of hydrogen-bond acceptors (Lipinski definition) is 4. The number of carbonyl (C=O) groups excluding carboxylic acids is 1. The van der Waals surface area contributed by atoms with Gasteiger partial charge < -0.3 is 5.32 Å². The Bertz CT molecular complexity index is 895. The molecule has 1 unspecified atom stereocenters. The van der Waals surface area contributed by atoms with Crippen LogP contribution in [-0.2, 0) is 16.4 Å². The molecule has 2 rings (SSSR count). The number of nitrogens with zero attached hydrogens (tertiary/aromatic N) is 2. The minimum atomic E-state index is -3.58. The second-order valence-corrected chi connectivity index (χ2v) is 9.24. The van der Waals surface area contributed by atoms with Crippen molar-refractivity contribution in [1.82, 2.24) is 14.5 Å². The van der Waals surface area contributed by atoms with Crippen molar-refractivity contribution < 1.29 is 13.2 Å². The van der Waals surface area contributed by atoms with Gasteiger partial charge in [0, 0.05) is 32.2 Å². The third kappa shape index (κ3) is 6.13. The molecule has 0 heterocycles. The molecule has 0 spiro atoms. The van der Waals surface area contributed by atoms with Gasteiger partial charge >= 0.3 is 0 Å². The van der Waals surface area contributed by atoms with E-state index in [-0.39, 0.29) is 16.8 Å². The van der Waals surface area contributed by atoms with Crippen molar-refractivity contribution in [3.63, 3.8) is 0 Å². The number of carbonyl (C=O) groups is 1. The molecule has 1 amide bonds. The highest BCUT2D eigenvalue weighted by atomic mass is 32.2. The first-order valence-electron chi connectivity index (χ1n) is 9.88. The Morgan fingerprint density at radius 2 is 1.66 bits per heavy atom. The third-order valence-corrected chi connectivity index (χ3v) is 6.83. The van der Waals surface area contributed by atoms with Crippen molar-refractivity contribution in [3.05, 3.63) is 65.7 Å². The van der Waals surface area contributed by atoms with E-state index in [2.05, 4.69) is 36.2 Å². The third-order valence-electron chi connectivity index (χ3n) is 5.02. The van der Waals surface area contributed by atoms with Crippen LogP contribution in [0.3, 0.4) is 0 Å². The quantitative estimate of drug-likeness (QED) is 0.645. The molecule has 0 aliphatic heterocycles. The van der Waals surface area contributed by atoms with Crippen LogP contribution in [0.15, 0.2) is 59.5 Å². The number of likely N-dealkylation sites (N-methyl/N-ethyl adjacent to an activating group) is 1. The number of nitrogens with one attached hydrogen (secondary N) is 1. The Balaban J connectivity index is 2.13. The summed E-state index contributed by atoms with van der Waals surface area (Å²) >= 11 is 0. The molecule has 0 aliphatic carbocycles. The summed E-state index contributed by atoms with van der Waals surface area (Å²) in [6.07, 6.45) is 0.831. The summed E-state index contributed by atoms with van der Waals surface area (Å²) in [5, 5.41) is 2.99. The van der Waals surface area contributed by atoms with E-state index in [1.807, 2.05) is 18.2 Å². The normalized spacial score (nSPS) is 12.9. The van der Waals surface area contributed by atoms with Crippen LogP contribution in [0.4, 0.5) is 0 Å². The molecular weight excluding hydrogens is 386 g/mol. The molecular formula is C22H31N3O3S. The van der Waals surface area contributed by atoms with Crippen molar-refractivity contribution >= 4 is 15.9 Å². The molecule has 29 heavy (non-hydrogen) atoms. The zero-order chi connectivity index (χ0) is 21.4. The van der Waals surface area contributed by atoms with Gasteiger partial charge in [0.2, 0.25) is 10.0 Å². The van der Waals surface area contributed by atoms with Gasteiger partial charge in [0.25, 0.3) is 5.91 Å². The fourth-order valence-corrected chi connectivity index (χ4v) is 4.23. The van der Waals surface area contributed by atoms with Crippen molar-refractivity contribution in [2.75, 3.05) is 33.7 Å². The summed E-state index contributed by atoms with van der Waals surface area (Å²) in [5.74, 6) is -0.272. The Labute approximate surface area is 174 Å². The lowest BCUT2D eigenvalue weighted by Gasteiger charge is -2.30. The maximum Gasteiger partial charge on any atom is 0.251 e. The Hall–Kier alpha value is -2.22. The summed E-state index contributed by atoms with van der Waals surface area (Å²) in [4.78, 5) is 15.1. The van der Waals surface area contributed by atoms with Crippen molar-refractivity contribution in [2.24, 2.45) is 0 Å². The number of amides is 1. The summed E-state index contributed by atoms with van der Waals surface area (Å²) in [6, 6.07) is 16.5. The maximum absolute atomic E-state index is 12.7. The van der Waals surface area contributed by atoms with Crippen LogP contribution < -0.4 is 5.32 Å². The minimum absolute atomic E-state index is 0.111. The molecule has 0 saturated heterocycles. The van der Waals surface area contributed by atoms with Gasteiger partial charge in [-0.25, -0.2) is 12.7 Å². The largest absolute Gasteiger partial charge is 0.350 e. The molecule has 0 aliphatic rings. The summed E-state index contributed by atoms with van der Waals surface area (Å²) in [6.45, 7) is 6.48. The fourth-order valence-electron chi connectivity index (χ4n) is 3.28. The van der Waals surface area contributed by atoms with Crippen LogP contribution in [0, 0.1) is 0 Å². The highest BCUT2D eigenvalue weighted by Gasteiger charge is 2.20. The van der Waals surface area contributed by atoms with E-state index in [0.29, 0.717) is 12.1 Å². The van der Waals surface area contributed by atoms with Crippen LogP contribution >= 0.6 is 0 Å². The van der Waals surface area contributed by atoms with Gasteiger partial charge in [-0.1, -0.05) is 50.2 Å². The number of sulfonamides is 1. The van der Waals surface area contributed by atoms with Gasteiger partial charge in [-0.2, -0.15) is 0 Å². The first kappa shape index (κ1) is 23.1.